The topological polar surface area (TPSA) is 37.4 Å². The van der Waals surface area contributed by atoms with Crippen LogP contribution in [-0.4, -0.2) is 32.8 Å². The van der Waals surface area contributed by atoms with Crippen LogP contribution in [0, 0.1) is 5.92 Å². The van der Waals surface area contributed by atoms with Crippen molar-refractivity contribution in [2.24, 2.45) is 5.92 Å². The van der Waals surface area contributed by atoms with Crippen molar-refractivity contribution < 1.29 is 9.59 Å². The smallest absolute Gasteiger partial charge is 0.268 e. The van der Waals surface area contributed by atoms with Crippen LogP contribution in [0.2, 0.25) is 0 Å². The summed E-state index contributed by atoms with van der Waals surface area (Å²) in [6, 6.07) is 0. The summed E-state index contributed by atoms with van der Waals surface area (Å²) in [6.07, 6.45) is 15.2. The highest BCUT2D eigenvalue weighted by atomic mass is 32.2. The molecule has 0 spiro atoms. The van der Waals surface area contributed by atoms with Gasteiger partial charge in [0.05, 0.1) is 9.81 Å². The zero-order valence-electron chi connectivity index (χ0n) is 19.5. The van der Waals surface area contributed by atoms with E-state index < -0.39 is 0 Å². The molecule has 1 heterocycles. The first-order chi connectivity index (χ1) is 14.4. The Bertz CT molecular complexity index is 648. The van der Waals surface area contributed by atoms with Crippen LogP contribution < -0.4 is 0 Å². The molecule has 2 atom stereocenters. The number of carbonyl (C=O) groups is 2. The maximum Gasteiger partial charge on any atom is 0.269 e. The number of amides is 2. The number of carbonyl (C=O) groups excluding carboxylic acids is 2. The number of nitrogens with zero attached hydrogens (tertiary/aromatic N) is 1. The van der Waals surface area contributed by atoms with E-state index in [2.05, 4.69) is 27.7 Å². The van der Waals surface area contributed by atoms with E-state index in [4.69, 9.17) is 0 Å². The van der Waals surface area contributed by atoms with Crippen LogP contribution in [0.5, 0.6) is 0 Å². The van der Waals surface area contributed by atoms with Crippen molar-refractivity contribution in [1.82, 2.24) is 4.90 Å². The number of hydrogen-bond donors (Lipinski definition) is 0. The van der Waals surface area contributed by atoms with Crippen molar-refractivity contribution in [2.75, 3.05) is 0 Å². The van der Waals surface area contributed by atoms with Crippen molar-refractivity contribution in [1.29, 1.82) is 0 Å². The molecular formula is C25H41NO2S2. The molecule has 2 aliphatic carbocycles. The number of hydrogen-bond acceptors (Lipinski definition) is 4. The molecule has 1 aliphatic heterocycles. The molecule has 0 saturated heterocycles. The first-order valence-electron chi connectivity index (χ1n) is 12.4. The zero-order chi connectivity index (χ0) is 21.7. The van der Waals surface area contributed by atoms with Gasteiger partial charge in [0.25, 0.3) is 11.8 Å². The molecule has 0 aromatic carbocycles. The van der Waals surface area contributed by atoms with Gasteiger partial charge < -0.3 is 0 Å². The van der Waals surface area contributed by atoms with Crippen molar-refractivity contribution >= 4 is 35.3 Å². The fourth-order valence-corrected chi connectivity index (χ4v) is 8.11. The molecule has 2 saturated carbocycles. The third-order valence-electron chi connectivity index (χ3n) is 7.57. The molecule has 170 valence electrons. The second kappa shape index (κ2) is 10.9. The van der Waals surface area contributed by atoms with Gasteiger partial charge in [-0.2, -0.15) is 0 Å². The van der Waals surface area contributed by atoms with Crippen LogP contribution in [0.15, 0.2) is 9.81 Å². The Hall–Kier alpha value is -0.420. The molecule has 2 amide bonds. The van der Waals surface area contributed by atoms with Gasteiger partial charge in [0.15, 0.2) is 0 Å². The molecule has 0 aromatic rings. The Morgan fingerprint density at radius 2 is 1.27 bits per heavy atom. The van der Waals surface area contributed by atoms with Gasteiger partial charge >= 0.3 is 0 Å². The molecule has 0 aromatic heterocycles. The second-order valence-corrected chi connectivity index (χ2v) is 12.5. The number of imide groups is 1. The van der Waals surface area contributed by atoms with E-state index in [9.17, 15) is 9.59 Å². The lowest BCUT2D eigenvalue weighted by Crippen LogP contribution is -2.49. The summed E-state index contributed by atoms with van der Waals surface area (Å²) in [6.45, 7) is 8.62. The van der Waals surface area contributed by atoms with Crippen LogP contribution in [0.3, 0.4) is 0 Å². The van der Waals surface area contributed by atoms with Gasteiger partial charge in [-0.25, -0.2) is 0 Å². The van der Waals surface area contributed by atoms with E-state index in [1.54, 1.807) is 28.4 Å². The molecule has 3 nitrogen and oxygen atoms in total. The predicted molar refractivity (Wildman–Crippen MR) is 131 cm³/mol. The lowest BCUT2D eigenvalue weighted by atomic mass is 9.93. The number of rotatable bonds is 7. The summed E-state index contributed by atoms with van der Waals surface area (Å²) >= 11 is 3.49. The zero-order valence-corrected chi connectivity index (χ0v) is 21.1. The average molecular weight is 452 g/mol. The van der Waals surface area contributed by atoms with Crippen molar-refractivity contribution in [3.63, 3.8) is 0 Å². The van der Waals surface area contributed by atoms with Crippen molar-refractivity contribution in [3.8, 4) is 0 Å². The van der Waals surface area contributed by atoms with Gasteiger partial charge in [0, 0.05) is 16.0 Å². The molecule has 0 unspecified atom stereocenters. The van der Waals surface area contributed by atoms with E-state index in [-0.39, 0.29) is 17.4 Å². The molecule has 2 fully saturated rings. The van der Waals surface area contributed by atoms with Gasteiger partial charge in [0.1, 0.15) is 0 Å². The Kier molecular flexibility index (Phi) is 8.83. The van der Waals surface area contributed by atoms with Gasteiger partial charge in [-0.15, -0.1) is 23.5 Å². The van der Waals surface area contributed by atoms with Gasteiger partial charge in [0.2, 0.25) is 0 Å². The standard InChI is InChI=1S/C25H41NO2S2/c1-5-25(4,6-2)26-23(27)21(29-19-14-9-7-8-10-15-19)22(24(26)28)30-20-16-12-11-13-18(3)17-20/h18-20H,5-17H2,1-4H3/t18-,20-/m0/s1. The minimum atomic E-state index is -0.386. The van der Waals surface area contributed by atoms with Crippen molar-refractivity contribution in [2.45, 2.75) is 127 Å². The first-order valence-corrected chi connectivity index (χ1v) is 14.1. The largest absolute Gasteiger partial charge is 0.269 e. The minimum absolute atomic E-state index is 0.00961. The SMILES string of the molecule is CCC(C)(CC)N1C(=O)C(SC2CCCCCC2)=C(S[C@H]2CCCC[C@H](C)C2)C1=O. The molecule has 3 rings (SSSR count). The summed E-state index contributed by atoms with van der Waals surface area (Å²) < 4.78 is 0. The monoisotopic (exact) mass is 451 g/mol. The molecule has 5 heteroatoms. The Morgan fingerprint density at radius 1 is 0.800 bits per heavy atom. The average Bonchev–Trinajstić information content (AvgIpc) is 3.00. The highest BCUT2D eigenvalue weighted by Crippen LogP contribution is 2.47. The number of thioether (sulfide) groups is 2. The van der Waals surface area contributed by atoms with Crippen LogP contribution in [-0.2, 0) is 9.59 Å². The lowest BCUT2D eigenvalue weighted by molar-refractivity contribution is -0.144. The normalized spacial score (nSPS) is 27.5. The van der Waals surface area contributed by atoms with E-state index in [0.29, 0.717) is 16.4 Å². The molecule has 0 radical (unpaired) electrons. The van der Waals surface area contributed by atoms with E-state index in [1.165, 1.54) is 64.2 Å². The molecular weight excluding hydrogens is 410 g/mol. The summed E-state index contributed by atoms with van der Waals surface area (Å²) in [5.74, 6) is 0.692. The Balaban J connectivity index is 1.88. The third-order valence-corrected chi connectivity index (χ3v) is 10.5. The molecule has 30 heavy (non-hydrogen) atoms. The van der Waals surface area contributed by atoms with Gasteiger partial charge in [-0.1, -0.05) is 65.7 Å². The molecule has 3 aliphatic rings. The maximum atomic E-state index is 13.7. The van der Waals surface area contributed by atoms with E-state index in [1.807, 2.05) is 0 Å². The minimum Gasteiger partial charge on any atom is -0.268 e. The lowest BCUT2D eigenvalue weighted by Gasteiger charge is -2.36. The Morgan fingerprint density at radius 3 is 1.83 bits per heavy atom. The van der Waals surface area contributed by atoms with Gasteiger partial charge in [-0.3, -0.25) is 14.5 Å². The van der Waals surface area contributed by atoms with E-state index in [0.717, 1.165) is 29.1 Å². The molecule has 0 N–H and O–H groups in total. The third kappa shape index (κ3) is 5.49. The van der Waals surface area contributed by atoms with E-state index >= 15 is 0 Å². The highest BCUT2D eigenvalue weighted by molar-refractivity contribution is 8.08. The summed E-state index contributed by atoms with van der Waals surface area (Å²) in [7, 11) is 0. The van der Waals surface area contributed by atoms with Crippen LogP contribution in [0.4, 0.5) is 0 Å². The Labute approximate surface area is 192 Å². The summed E-state index contributed by atoms with van der Waals surface area (Å²) in [4.78, 5) is 30.5. The quantitative estimate of drug-likeness (QED) is 0.300. The fourth-order valence-electron chi connectivity index (χ4n) is 5.10. The van der Waals surface area contributed by atoms with Crippen LogP contribution in [0.25, 0.3) is 0 Å². The summed E-state index contributed by atoms with van der Waals surface area (Å²) in [5.41, 5.74) is -0.386. The highest BCUT2D eigenvalue weighted by Gasteiger charge is 2.47. The molecule has 0 bridgehead atoms. The first kappa shape index (κ1) is 24.2. The summed E-state index contributed by atoms with van der Waals surface area (Å²) in [5, 5.41) is 0.950. The predicted octanol–water partition coefficient (Wildman–Crippen LogP) is 7.30. The fraction of sp³-hybridized carbons (Fsp3) is 0.840. The van der Waals surface area contributed by atoms with Crippen LogP contribution in [0.1, 0.15) is 111 Å². The maximum absolute atomic E-state index is 13.7. The second-order valence-electron chi connectivity index (χ2n) is 9.90. The van der Waals surface area contributed by atoms with Gasteiger partial charge in [-0.05, 0) is 51.4 Å². The van der Waals surface area contributed by atoms with Crippen LogP contribution >= 0.6 is 23.5 Å². The van der Waals surface area contributed by atoms with Crippen molar-refractivity contribution in [3.05, 3.63) is 9.81 Å².